The highest BCUT2D eigenvalue weighted by molar-refractivity contribution is 9.10. The first-order chi connectivity index (χ1) is 8.37. The van der Waals surface area contributed by atoms with Crippen molar-refractivity contribution < 1.29 is 13.2 Å². The van der Waals surface area contributed by atoms with Gasteiger partial charge in [-0.2, -0.15) is 4.31 Å². The van der Waals surface area contributed by atoms with Crippen molar-refractivity contribution in [2.75, 3.05) is 19.9 Å². The molecule has 1 aromatic carbocycles. The van der Waals surface area contributed by atoms with Crippen molar-refractivity contribution in [3.63, 3.8) is 0 Å². The first kappa shape index (κ1) is 13.6. The summed E-state index contributed by atoms with van der Waals surface area (Å²) < 4.78 is 32.0. The molecule has 0 saturated heterocycles. The van der Waals surface area contributed by atoms with E-state index in [1.54, 1.807) is 13.1 Å². The summed E-state index contributed by atoms with van der Waals surface area (Å²) in [7, 11) is -0.524. The lowest BCUT2D eigenvalue weighted by molar-refractivity contribution is 0.397. The van der Waals surface area contributed by atoms with Crippen molar-refractivity contribution in [2.24, 2.45) is 0 Å². The van der Waals surface area contributed by atoms with E-state index in [0.717, 1.165) is 12.8 Å². The van der Waals surface area contributed by atoms with Gasteiger partial charge in [-0.05, 0) is 40.9 Å². The van der Waals surface area contributed by atoms with Crippen LogP contribution in [0.1, 0.15) is 12.8 Å². The van der Waals surface area contributed by atoms with Gasteiger partial charge < -0.3 is 10.5 Å². The van der Waals surface area contributed by atoms with E-state index in [0.29, 0.717) is 15.9 Å². The largest absolute Gasteiger partial charge is 0.495 e. The summed E-state index contributed by atoms with van der Waals surface area (Å²) in [6.45, 7) is 0. The summed E-state index contributed by atoms with van der Waals surface area (Å²) in [5, 5.41) is 0. The summed E-state index contributed by atoms with van der Waals surface area (Å²) >= 11 is 3.25. The van der Waals surface area contributed by atoms with Crippen LogP contribution in [0.15, 0.2) is 21.5 Å². The molecule has 1 aliphatic carbocycles. The molecule has 1 aromatic rings. The van der Waals surface area contributed by atoms with E-state index in [9.17, 15) is 8.42 Å². The Kier molecular flexibility index (Phi) is 3.57. The minimum Gasteiger partial charge on any atom is -0.495 e. The second kappa shape index (κ2) is 4.71. The number of nitrogen functional groups attached to an aromatic ring is 1. The zero-order valence-corrected chi connectivity index (χ0v) is 12.6. The molecule has 7 heteroatoms. The van der Waals surface area contributed by atoms with Crippen LogP contribution in [0, 0.1) is 0 Å². The van der Waals surface area contributed by atoms with Crippen LogP contribution in [0.25, 0.3) is 0 Å². The predicted molar refractivity (Wildman–Crippen MR) is 73.1 cm³/mol. The zero-order valence-electron chi connectivity index (χ0n) is 10.2. The average Bonchev–Trinajstić information content (AvgIpc) is 3.14. The van der Waals surface area contributed by atoms with Gasteiger partial charge in [0.2, 0.25) is 10.0 Å². The fourth-order valence-electron chi connectivity index (χ4n) is 1.70. The molecule has 0 amide bonds. The summed E-state index contributed by atoms with van der Waals surface area (Å²) in [5.41, 5.74) is 6.12. The highest BCUT2D eigenvalue weighted by Gasteiger charge is 2.36. The number of anilines is 1. The fraction of sp³-hybridized carbons (Fsp3) is 0.455. The van der Waals surface area contributed by atoms with E-state index < -0.39 is 10.0 Å². The van der Waals surface area contributed by atoms with Gasteiger partial charge in [-0.1, -0.05) is 0 Å². The number of rotatable bonds is 4. The molecule has 0 aromatic heterocycles. The van der Waals surface area contributed by atoms with E-state index >= 15 is 0 Å². The molecule has 0 radical (unpaired) electrons. The molecule has 0 heterocycles. The molecule has 1 saturated carbocycles. The van der Waals surface area contributed by atoms with E-state index in [1.165, 1.54) is 17.5 Å². The van der Waals surface area contributed by atoms with Crippen molar-refractivity contribution >= 4 is 31.6 Å². The molecule has 2 rings (SSSR count). The van der Waals surface area contributed by atoms with Gasteiger partial charge in [0.15, 0.2) is 0 Å². The maximum atomic E-state index is 12.4. The number of nitrogens with zero attached hydrogens (tertiary/aromatic N) is 1. The lowest BCUT2D eigenvalue weighted by Crippen LogP contribution is -2.29. The summed E-state index contributed by atoms with van der Waals surface area (Å²) in [4.78, 5) is 0.111. The van der Waals surface area contributed by atoms with Crippen LogP contribution >= 0.6 is 15.9 Å². The van der Waals surface area contributed by atoms with E-state index in [1.807, 2.05) is 0 Å². The van der Waals surface area contributed by atoms with Gasteiger partial charge in [0, 0.05) is 23.2 Å². The zero-order chi connectivity index (χ0) is 13.5. The molecule has 2 N–H and O–H groups in total. The van der Waals surface area contributed by atoms with Gasteiger partial charge in [0.25, 0.3) is 0 Å². The molecular formula is C11H15BrN2O3S. The number of hydrogen-bond acceptors (Lipinski definition) is 4. The first-order valence-electron chi connectivity index (χ1n) is 5.49. The number of hydrogen-bond donors (Lipinski definition) is 1. The van der Waals surface area contributed by atoms with Crippen molar-refractivity contribution in [1.82, 2.24) is 4.31 Å². The number of ether oxygens (including phenoxy) is 1. The second-order valence-electron chi connectivity index (χ2n) is 4.28. The lowest BCUT2D eigenvalue weighted by atomic mass is 10.3. The quantitative estimate of drug-likeness (QED) is 0.852. The van der Waals surface area contributed by atoms with Crippen LogP contribution in [0.3, 0.4) is 0 Å². The van der Waals surface area contributed by atoms with Gasteiger partial charge in [-0.3, -0.25) is 0 Å². The van der Waals surface area contributed by atoms with Crippen molar-refractivity contribution in [2.45, 2.75) is 23.8 Å². The number of sulfonamides is 1. The molecular weight excluding hydrogens is 320 g/mol. The molecule has 0 unspecified atom stereocenters. The molecule has 5 nitrogen and oxygen atoms in total. The highest BCUT2D eigenvalue weighted by atomic mass is 79.9. The predicted octanol–water partition coefficient (Wildman–Crippen LogP) is 1.82. The molecule has 0 bridgehead atoms. The normalized spacial score (nSPS) is 16.0. The standard InChI is InChI=1S/C11H15BrN2O3S/c1-14(7-3-4-7)18(15,16)11-6-9(13)8(12)5-10(11)17-2/h5-7H,3-4,13H2,1-2H3. The minimum atomic E-state index is -3.55. The van der Waals surface area contributed by atoms with Crippen molar-refractivity contribution in [3.8, 4) is 5.75 Å². The van der Waals surface area contributed by atoms with Crippen LogP contribution in [0.4, 0.5) is 5.69 Å². The lowest BCUT2D eigenvalue weighted by Gasteiger charge is -2.19. The maximum Gasteiger partial charge on any atom is 0.246 e. The van der Waals surface area contributed by atoms with Gasteiger partial charge >= 0.3 is 0 Å². The van der Waals surface area contributed by atoms with Crippen LogP contribution in [0.5, 0.6) is 5.75 Å². The van der Waals surface area contributed by atoms with Gasteiger partial charge in [-0.25, -0.2) is 8.42 Å². The Morgan fingerprint density at radius 2 is 2.06 bits per heavy atom. The minimum absolute atomic E-state index is 0.101. The monoisotopic (exact) mass is 334 g/mol. The Balaban J connectivity index is 2.52. The van der Waals surface area contributed by atoms with Gasteiger partial charge in [0.1, 0.15) is 10.6 Å². The summed E-state index contributed by atoms with van der Waals surface area (Å²) in [5.74, 6) is 0.295. The second-order valence-corrected chi connectivity index (χ2v) is 7.10. The molecule has 1 aliphatic rings. The molecule has 0 atom stereocenters. The smallest absolute Gasteiger partial charge is 0.246 e. The molecule has 18 heavy (non-hydrogen) atoms. The van der Waals surface area contributed by atoms with Gasteiger partial charge in [0.05, 0.1) is 7.11 Å². The number of nitrogens with two attached hydrogens (primary N) is 1. The number of methoxy groups -OCH3 is 1. The summed E-state index contributed by atoms with van der Waals surface area (Å²) in [6.07, 6.45) is 1.81. The third kappa shape index (κ3) is 2.34. The molecule has 0 aliphatic heterocycles. The molecule has 100 valence electrons. The van der Waals surface area contributed by atoms with Crippen molar-refractivity contribution in [3.05, 3.63) is 16.6 Å². The third-order valence-electron chi connectivity index (χ3n) is 3.00. The highest BCUT2D eigenvalue weighted by Crippen LogP contribution is 2.37. The number of benzene rings is 1. The number of halogens is 1. The fourth-order valence-corrected chi connectivity index (χ4v) is 3.61. The van der Waals surface area contributed by atoms with E-state index in [4.69, 9.17) is 10.5 Å². The Hall–Kier alpha value is -0.790. The average molecular weight is 335 g/mol. The topological polar surface area (TPSA) is 72.6 Å². The Morgan fingerprint density at radius 3 is 2.56 bits per heavy atom. The van der Waals surface area contributed by atoms with E-state index in [2.05, 4.69) is 15.9 Å². The van der Waals surface area contributed by atoms with Crippen molar-refractivity contribution in [1.29, 1.82) is 0 Å². The van der Waals surface area contributed by atoms with E-state index in [-0.39, 0.29) is 10.9 Å². The summed E-state index contributed by atoms with van der Waals surface area (Å²) in [6, 6.07) is 3.10. The van der Waals surface area contributed by atoms with Crippen LogP contribution in [0.2, 0.25) is 0 Å². The SMILES string of the molecule is COc1cc(Br)c(N)cc1S(=O)(=O)N(C)C1CC1. The molecule has 0 spiro atoms. The maximum absolute atomic E-state index is 12.4. The van der Waals surface area contributed by atoms with Crippen LogP contribution in [-0.2, 0) is 10.0 Å². The molecule has 1 fully saturated rings. The van der Waals surface area contributed by atoms with Gasteiger partial charge in [-0.15, -0.1) is 0 Å². The van der Waals surface area contributed by atoms with Crippen LogP contribution < -0.4 is 10.5 Å². The Morgan fingerprint density at radius 1 is 1.44 bits per heavy atom. The van der Waals surface area contributed by atoms with Crippen LogP contribution in [-0.4, -0.2) is 32.9 Å². The Labute approximate surface area is 115 Å². The first-order valence-corrected chi connectivity index (χ1v) is 7.72. The third-order valence-corrected chi connectivity index (χ3v) is 5.62. The Bertz CT molecular complexity index is 570.